The van der Waals surface area contributed by atoms with Gasteiger partial charge in [-0.3, -0.25) is 4.98 Å². The van der Waals surface area contributed by atoms with Crippen LogP contribution in [0.4, 0.5) is 0 Å². The fourth-order valence-electron chi connectivity index (χ4n) is 1.30. The second-order valence-corrected chi connectivity index (χ2v) is 3.70. The number of hydrogen-bond acceptors (Lipinski definition) is 1. The average Bonchev–Trinajstić information content (AvgIpc) is 2.25. The highest BCUT2D eigenvalue weighted by Crippen LogP contribution is 2.18. The fourth-order valence-corrected chi connectivity index (χ4v) is 1.30. The lowest BCUT2D eigenvalue weighted by atomic mass is 10.0. The predicted molar refractivity (Wildman–Crippen MR) is 67.6 cm³/mol. The van der Waals surface area contributed by atoms with E-state index in [9.17, 15) is 0 Å². The zero-order valence-electron chi connectivity index (χ0n) is 9.40. The van der Waals surface area contributed by atoms with Gasteiger partial charge in [0.05, 0.1) is 5.69 Å². The molecule has 0 aliphatic carbocycles. The van der Waals surface area contributed by atoms with E-state index in [4.69, 9.17) is 0 Å². The van der Waals surface area contributed by atoms with Crippen molar-refractivity contribution >= 4 is 12.2 Å². The van der Waals surface area contributed by atoms with Crippen LogP contribution in [-0.2, 0) is 0 Å². The van der Waals surface area contributed by atoms with Gasteiger partial charge in [-0.1, -0.05) is 45.2 Å². The Morgan fingerprint density at radius 3 is 2.60 bits per heavy atom. The summed E-state index contributed by atoms with van der Waals surface area (Å²) in [6, 6.07) is 2.15. The minimum atomic E-state index is 0.493. The Morgan fingerprint density at radius 2 is 2.07 bits per heavy atom. The van der Waals surface area contributed by atoms with Crippen molar-refractivity contribution in [1.82, 2.24) is 4.98 Å². The van der Waals surface area contributed by atoms with Crippen LogP contribution in [0.15, 0.2) is 37.6 Å². The van der Waals surface area contributed by atoms with Gasteiger partial charge in [0, 0.05) is 11.8 Å². The largest absolute Gasteiger partial charge is 0.256 e. The molecule has 0 fully saturated rings. The summed E-state index contributed by atoms with van der Waals surface area (Å²) in [6.45, 7) is 11.7. The van der Waals surface area contributed by atoms with Gasteiger partial charge in [0.25, 0.3) is 0 Å². The molecule has 1 nitrogen and oxygen atoms in total. The van der Waals surface area contributed by atoms with Crippen LogP contribution in [0.2, 0.25) is 0 Å². The van der Waals surface area contributed by atoms with E-state index in [1.807, 2.05) is 18.3 Å². The quantitative estimate of drug-likeness (QED) is 0.667. The number of pyridine rings is 1. The highest BCUT2D eigenvalue weighted by molar-refractivity contribution is 5.62. The van der Waals surface area contributed by atoms with Crippen molar-refractivity contribution in [2.45, 2.75) is 19.8 Å². The lowest BCUT2D eigenvalue weighted by molar-refractivity contribution is 0.857. The summed E-state index contributed by atoms with van der Waals surface area (Å²) in [5, 5.41) is 0. The number of nitrogens with zero attached hydrogens (tertiary/aromatic N) is 1. The van der Waals surface area contributed by atoms with Crippen LogP contribution in [0.3, 0.4) is 0 Å². The molecule has 1 rings (SSSR count). The summed E-state index contributed by atoms with van der Waals surface area (Å²) in [5.41, 5.74) is 3.25. The minimum absolute atomic E-state index is 0.493. The number of allylic oxidation sites excluding steroid dienone is 2. The van der Waals surface area contributed by atoms with E-state index in [1.165, 1.54) is 5.56 Å². The molecule has 0 N–H and O–H groups in total. The van der Waals surface area contributed by atoms with E-state index in [2.05, 4.69) is 38.1 Å². The molecule has 0 amide bonds. The Kier molecular flexibility index (Phi) is 4.04. The third kappa shape index (κ3) is 2.91. The van der Waals surface area contributed by atoms with Crippen LogP contribution < -0.4 is 0 Å². The summed E-state index contributed by atoms with van der Waals surface area (Å²) < 4.78 is 0. The van der Waals surface area contributed by atoms with Gasteiger partial charge in [-0.15, -0.1) is 0 Å². The molecule has 0 spiro atoms. The smallest absolute Gasteiger partial charge is 0.0696 e. The van der Waals surface area contributed by atoms with Gasteiger partial charge in [0.15, 0.2) is 0 Å². The first-order chi connectivity index (χ1) is 7.19. The van der Waals surface area contributed by atoms with E-state index in [1.54, 1.807) is 12.2 Å². The average molecular weight is 199 g/mol. The number of hydrogen-bond donors (Lipinski definition) is 0. The standard InChI is InChI=1S/C14H17N/c1-5-7-8-12-9-13(11(3)4)10-15-14(12)6-2/h5-11H,1-2H2,3-4H3/b8-7-. The van der Waals surface area contributed by atoms with Gasteiger partial charge in [0.1, 0.15) is 0 Å². The lowest BCUT2D eigenvalue weighted by Crippen LogP contribution is -1.93. The van der Waals surface area contributed by atoms with Crippen molar-refractivity contribution in [2.24, 2.45) is 0 Å². The summed E-state index contributed by atoms with van der Waals surface area (Å²) in [5.74, 6) is 0.493. The molecule has 15 heavy (non-hydrogen) atoms. The molecule has 0 aliphatic rings. The van der Waals surface area contributed by atoms with Crippen LogP contribution in [0.1, 0.15) is 36.6 Å². The summed E-state index contributed by atoms with van der Waals surface area (Å²) in [6.07, 6.45) is 9.35. The molecule has 0 unspecified atom stereocenters. The number of rotatable bonds is 4. The van der Waals surface area contributed by atoms with Gasteiger partial charge in [0.2, 0.25) is 0 Å². The first-order valence-electron chi connectivity index (χ1n) is 5.10. The Hall–Kier alpha value is -1.63. The Bertz CT molecular complexity index is 386. The second kappa shape index (κ2) is 5.30. The Labute approximate surface area is 91.9 Å². The topological polar surface area (TPSA) is 12.9 Å². The van der Waals surface area contributed by atoms with Crippen molar-refractivity contribution in [2.75, 3.05) is 0 Å². The maximum Gasteiger partial charge on any atom is 0.0696 e. The van der Waals surface area contributed by atoms with Crippen LogP contribution >= 0.6 is 0 Å². The normalized spacial score (nSPS) is 10.9. The molecule has 0 bridgehead atoms. The molecule has 78 valence electrons. The molecule has 0 saturated heterocycles. The van der Waals surface area contributed by atoms with Gasteiger partial charge in [-0.05, 0) is 23.6 Å². The summed E-state index contributed by atoms with van der Waals surface area (Å²) in [4.78, 5) is 4.37. The first-order valence-corrected chi connectivity index (χ1v) is 5.10. The van der Waals surface area contributed by atoms with Gasteiger partial charge in [-0.2, -0.15) is 0 Å². The van der Waals surface area contributed by atoms with Gasteiger partial charge < -0.3 is 0 Å². The van der Waals surface area contributed by atoms with Crippen molar-refractivity contribution in [3.63, 3.8) is 0 Å². The highest BCUT2D eigenvalue weighted by atomic mass is 14.7. The Balaban J connectivity index is 3.18. The van der Waals surface area contributed by atoms with Crippen molar-refractivity contribution in [3.8, 4) is 0 Å². The van der Waals surface area contributed by atoms with Gasteiger partial charge >= 0.3 is 0 Å². The maximum absolute atomic E-state index is 4.37. The van der Waals surface area contributed by atoms with E-state index < -0.39 is 0 Å². The molecule has 0 aliphatic heterocycles. The molecule has 1 heterocycles. The van der Waals surface area contributed by atoms with Crippen LogP contribution in [0.5, 0.6) is 0 Å². The molecule has 0 atom stereocenters. The van der Waals surface area contributed by atoms with E-state index in [0.717, 1.165) is 11.3 Å². The van der Waals surface area contributed by atoms with Crippen molar-refractivity contribution in [3.05, 3.63) is 54.4 Å². The van der Waals surface area contributed by atoms with Gasteiger partial charge in [-0.25, -0.2) is 0 Å². The van der Waals surface area contributed by atoms with Crippen LogP contribution in [0, 0.1) is 0 Å². The van der Waals surface area contributed by atoms with Crippen molar-refractivity contribution in [1.29, 1.82) is 0 Å². The molecule has 1 aromatic rings. The van der Waals surface area contributed by atoms with E-state index >= 15 is 0 Å². The molecule has 1 aromatic heterocycles. The van der Waals surface area contributed by atoms with Crippen LogP contribution in [-0.4, -0.2) is 4.98 Å². The molecule has 0 saturated carbocycles. The predicted octanol–water partition coefficient (Wildman–Crippen LogP) is 4.05. The molecule has 0 radical (unpaired) electrons. The SMILES string of the molecule is C=C/C=C\c1cc(C(C)C)cnc1C=C. The number of aromatic nitrogens is 1. The monoisotopic (exact) mass is 199 g/mol. The molecular weight excluding hydrogens is 182 g/mol. The molecule has 1 heteroatoms. The molecular formula is C14H17N. The summed E-state index contributed by atoms with van der Waals surface area (Å²) in [7, 11) is 0. The third-order valence-electron chi connectivity index (χ3n) is 2.24. The minimum Gasteiger partial charge on any atom is -0.256 e. The lowest BCUT2D eigenvalue weighted by Gasteiger charge is -2.07. The third-order valence-corrected chi connectivity index (χ3v) is 2.24. The highest BCUT2D eigenvalue weighted by Gasteiger charge is 2.03. The maximum atomic E-state index is 4.37. The molecule has 0 aromatic carbocycles. The summed E-state index contributed by atoms with van der Waals surface area (Å²) >= 11 is 0. The first kappa shape index (κ1) is 11.4. The zero-order chi connectivity index (χ0) is 11.3. The second-order valence-electron chi connectivity index (χ2n) is 3.70. The Morgan fingerprint density at radius 1 is 1.33 bits per heavy atom. The van der Waals surface area contributed by atoms with Crippen molar-refractivity contribution < 1.29 is 0 Å². The van der Waals surface area contributed by atoms with E-state index in [-0.39, 0.29) is 0 Å². The van der Waals surface area contributed by atoms with Crippen LogP contribution in [0.25, 0.3) is 12.2 Å². The zero-order valence-corrected chi connectivity index (χ0v) is 9.40. The van der Waals surface area contributed by atoms with E-state index in [0.29, 0.717) is 5.92 Å². The fraction of sp³-hybridized carbons (Fsp3) is 0.214.